The lowest BCUT2D eigenvalue weighted by atomic mass is 9.74. The summed E-state index contributed by atoms with van der Waals surface area (Å²) in [5, 5.41) is 0. The minimum atomic E-state index is 0.168. The highest BCUT2D eigenvalue weighted by Gasteiger charge is 2.32. The summed E-state index contributed by atoms with van der Waals surface area (Å²) >= 11 is 0. The summed E-state index contributed by atoms with van der Waals surface area (Å²) in [4.78, 5) is 7.44. The van der Waals surface area contributed by atoms with Crippen LogP contribution in [0.1, 0.15) is 43.4 Å². The highest BCUT2D eigenvalue weighted by molar-refractivity contribution is 5.30. The van der Waals surface area contributed by atoms with E-state index in [9.17, 15) is 0 Å². The first-order valence-electron chi connectivity index (χ1n) is 6.47. The standard InChI is InChI=1S/C14H20N4/c1-14(2)7-11(15)10-3-6-18(12(10)8-14)9-13-16-4-5-17-13/h3-6,11H,7-9,15H2,1-2H3,(H,16,17). The lowest BCUT2D eigenvalue weighted by molar-refractivity contribution is 0.276. The number of fused-ring (bicyclic) bond motifs is 1. The molecule has 0 radical (unpaired) electrons. The third-order valence-electron chi connectivity index (χ3n) is 3.81. The van der Waals surface area contributed by atoms with E-state index in [1.54, 1.807) is 6.20 Å². The van der Waals surface area contributed by atoms with E-state index in [1.165, 1.54) is 11.3 Å². The molecule has 0 aromatic carbocycles. The summed E-state index contributed by atoms with van der Waals surface area (Å²) in [6.45, 7) is 5.38. The quantitative estimate of drug-likeness (QED) is 0.851. The van der Waals surface area contributed by atoms with Gasteiger partial charge in [-0.3, -0.25) is 0 Å². The summed E-state index contributed by atoms with van der Waals surface area (Å²) in [5.41, 5.74) is 9.23. The fraction of sp³-hybridized carbons (Fsp3) is 0.500. The maximum Gasteiger partial charge on any atom is 0.126 e. The highest BCUT2D eigenvalue weighted by atomic mass is 15.0. The lowest BCUT2D eigenvalue weighted by Gasteiger charge is -2.34. The molecule has 0 spiro atoms. The van der Waals surface area contributed by atoms with Crippen molar-refractivity contribution < 1.29 is 0 Å². The van der Waals surface area contributed by atoms with E-state index < -0.39 is 0 Å². The van der Waals surface area contributed by atoms with Crippen LogP contribution in [0.15, 0.2) is 24.7 Å². The molecule has 0 bridgehead atoms. The number of H-pyrrole nitrogens is 1. The number of aromatic nitrogens is 3. The number of nitrogens with two attached hydrogens (primary N) is 1. The molecule has 2 aromatic heterocycles. The van der Waals surface area contributed by atoms with Crippen molar-refractivity contribution in [2.75, 3.05) is 0 Å². The Kier molecular flexibility index (Phi) is 2.55. The first-order valence-corrected chi connectivity index (χ1v) is 6.47. The zero-order valence-corrected chi connectivity index (χ0v) is 11.0. The third-order valence-corrected chi connectivity index (χ3v) is 3.81. The van der Waals surface area contributed by atoms with Crippen molar-refractivity contribution in [3.63, 3.8) is 0 Å². The second-order valence-electron chi connectivity index (χ2n) is 6.03. The largest absolute Gasteiger partial charge is 0.347 e. The number of hydrogen-bond donors (Lipinski definition) is 2. The first-order chi connectivity index (χ1) is 8.55. The topological polar surface area (TPSA) is 59.6 Å². The van der Waals surface area contributed by atoms with Gasteiger partial charge in [0.2, 0.25) is 0 Å². The predicted molar refractivity (Wildman–Crippen MR) is 71.2 cm³/mol. The minimum absolute atomic E-state index is 0.168. The second-order valence-corrected chi connectivity index (χ2v) is 6.03. The Balaban J connectivity index is 1.94. The van der Waals surface area contributed by atoms with Crippen molar-refractivity contribution in [1.82, 2.24) is 14.5 Å². The normalized spacial score (nSPS) is 21.8. The number of imidazole rings is 1. The number of hydrogen-bond acceptors (Lipinski definition) is 2. The molecule has 2 heterocycles. The average Bonchev–Trinajstić information content (AvgIpc) is 2.88. The summed E-state index contributed by atoms with van der Waals surface area (Å²) in [6.07, 6.45) is 7.94. The Morgan fingerprint density at radius 3 is 3.11 bits per heavy atom. The Labute approximate surface area is 107 Å². The van der Waals surface area contributed by atoms with E-state index in [0.717, 1.165) is 25.2 Å². The molecule has 0 fully saturated rings. The van der Waals surface area contributed by atoms with Crippen LogP contribution in [0, 0.1) is 5.41 Å². The van der Waals surface area contributed by atoms with E-state index in [2.05, 4.69) is 40.6 Å². The van der Waals surface area contributed by atoms with Gasteiger partial charge in [0, 0.05) is 30.3 Å². The number of nitrogens with zero attached hydrogens (tertiary/aromatic N) is 2. The van der Waals surface area contributed by atoms with Crippen LogP contribution in [0.3, 0.4) is 0 Å². The molecule has 4 nitrogen and oxygen atoms in total. The molecule has 3 rings (SSSR count). The third kappa shape index (κ3) is 1.97. The summed E-state index contributed by atoms with van der Waals surface area (Å²) in [5.74, 6) is 0.991. The molecule has 18 heavy (non-hydrogen) atoms. The van der Waals surface area contributed by atoms with Crippen molar-refractivity contribution in [3.8, 4) is 0 Å². The Bertz CT molecular complexity index is 536. The van der Waals surface area contributed by atoms with Crippen LogP contribution in [0.25, 0.3) is 0 Å². The zero-order chi connectivity index (χ0) is 12.8. The fourth-order valence-corrected chi connectivity index (χ4v) is 2.99. The summed E-state index contributed by atoms with van der Waals surface area (Å²) < 4.78 is 2.27. The molecule has 4 heteroatoms. The van der Waals surface area contributed by atoms with Gasteiger partial charge in [0.05, 0.1) is 6.54 Å². The lowest BCUT2D eigenvalue weighted by Crippen LogP contribution is -2.30. The smallest absolute Gasteiger partial charge is 0.126 e. The minimum Gasteiger partial charge on any atom is -0.347 e. The molecule has 1 aliphatic rings. The van der Waals surface area contributed by atoms with Crippen LogP contribution in [0.4, 0.5) is 0 Å². The van der Waals surface area contributed by atoms with Crippen molar-refractivity contribution in [3.05, 3.63) is 41.7 Å². The monoisotopic (exact) mass is 244 g/mol. The molecule has 0 amide bonds. The molecule has 0 saturated heterocycles. The molecule has 96 valence electrons. The van der Waals surface area contributed by atoms with E-state index in [1.807, 2.05) is 6.20 Å². The first kappa shape index (κ1) is 11.5. The van der Waals surface area contributed by atoms with Gasteiger partial charge >= 0.3 is 0 Å². The van der Waals surface area contributed by atoms with Gasteiger partial charge in [-0.2, -0.15) is 0 Å². The molecule has 0 aliphatic heterocycles. The zero-order valence-electron chi connectivity index (χ0n) is 11.0. The molecule has 1 aliphatic carbocycles. The molecule has 2 aromatic rings. The van der Waals surface area contributed by atoms with Crippen LogP contribution in [0.5, 0.6) is 0 Å². The maximum absolute atomic E-state index is 6.27. The number of aromatic amines is 1. The van der Waals surface area contributed by atoms with Crippen LogP contribution >= 0.6 is 0 Å². The van der Waals surface area contributed by atoms with Crippen LogP contribution in [-0.2, 0) is 13.0 Å². The van der Waals surface area contributed by atoms with E-state index in [-0.39, 0.29) is 11.5 Å². The highest BCUT2D eigenvalue weighted by Crippen LogP contribution is 2.39. The molecule has 3 N–H and O–H groups in total. The summed E-state index contributed by atoms with van der Waals surface area (Å²) in [7, 11) is 0. The van der Waals surface area contributed by atoms with Gasteiger partial charge in [0.1, 0.15) is 5.82 Å². The van der Waals surface area contributed by atoms with E-state index >= 15 is 0 Å². The van der Waals surface area contributed by atoms with E-state index in [4.69, 9.17) is 5.73 Å². The number of nitrogens with one attached hydrogen (secondary N) is 1. The predicted octanol–water partition coefficient (Wildman–Crippen LogP) is 2.23. The van der Waals surface area contributed by atoms with Gasteiger partial charge in [0.25, 0.3) is 0 Å². The second kappa shape index (κ2) is 3.99. The molecule has 1 atom stereocenters. The van der Waals surface area contributed by atoms with E-state index in [0.29, 0.717) is 0 Å². The van der Waals surface area contributed by atoms with Crippen LogP contribution in [0.2, 0.25) is 0 Å². The Morgan fingerprint density at radius 2 is 2.39 bits per heavy atom. The molecular formula is C14H20N4. The Hall–Kier alpha value is -1.55. The van der Waals surface area contributed by atoms with Crippen LogP contribution in [-0.4, -0.2) is 14.5 Å². The SMILES string of the molecule is CC1(C)Cc2c(ccn2Cc2ncc[nH]2)C(N)C1. The number of rotatable bonds is 2. The van der Waals surface area contributed by atoms with Crippen molar-refractivity contribution in [2.45, 2.75) is 39.3 Å². The summed E-state index contributed by atoms with van der Waals surface area (Å²) in [6, 6.07) is 2.33. The van der Waals surface area contributed by atoms with Gasteiger partial charge < -0.3 is 15.3 Å². The molecule has 1 unspecified atom stereocenters. The van der Waals surface area contributed by atoms with Gasteiger partial charge in [0.15, 0.2) is 0 Å². The van der Waals surface area contributed by atoms with Crippen molar-refractivity contribution in [2.24, 2.45) is 11.1 Å². The van der Waals surface area contributed by atoms with Gasteiger partial charge in [-0.1, -0.05) is 13.8 Å². The fourth-order valence-electron chi connectivity index (χ4n) is 2.99. The van der Waals surface area contributed by atoms with Gasteiger partial charge in [-0.15, -0.1) is 0 Å². The van der Waals surface area contributed by atoms with Crippen molar-refractivity contribution in [1.29, 1.82) is 0 Å². The average molecular weight is 244 g/mol. The van der Waals surface area contributed by atoms with Crippen LogP contribution < -0.4 is 5.73 Å². The molecule has 0 saturated carbocycles. The maximum atomic E-state index is 6.27. The van der Waals surface area contributed by atoms with Gasteiger partial charge in [-0.25, -0.2) is 4.98 Å². The van der Waals surface area contributed by atoms with Crippen molar-refractivity contribution >= 4 is 0 Å². The van der Waals surface area contributed by atoms with Gasteiger partial charge in [-0.05, 0) is 29.9 Å². The molecular weight excluding hydrogens is 224 g/mol. The Morgan fingerprint density at radius 1 is 1.56 bits per heavy atom.